The zero-order valence-corrected chi connectivity index (χ0v) is 13.7. The number of aromatic nitrogens is 1. The number of nitrogens with two attached hydrogens (primary N) is 1. The van der Waals surface area contributed by atoms with Crippen molar-refractivity contribution in [2.24, 2.45) is 5.73 Å². The van der Waals surface area contributed by atoms with Gasteiger partial charge in [-0.25, -0.2) is 4.39 Å². The number of hydrogen-bond donors (Lipinski definition) is 3. The molecule has 1 heterocycles. The summed E-state index contributed by atoms with van der Waals surface area (Å²) in [6.07, 6.45) is 2.76. The molecule has 126 valence electrons. The second-order valence-corrected chi connectivity index (χ2v) is 5.29. The SMILES string of the molecule is CCCCC(CN)NC(=O)c1cc(=O)[nH]c2cc(F)ccc12.Cl. The van der Waals surface area contributed by atoms with Gasteiger partial charge in [-0.05, 0) is 24.6 Å². The summed E-state index contributed by atoms with van der Waals surface area (Å²) >= 11 is 0. The van der Waals surface area contributed by atoms with Gasteiger partial charge in [-0.2, -0.15) is 0 Å². The van der Waals surface area contributed by atoms with E-state index in [1.165, 1.54) is 24.3 Å². The number of rotatable bonds is 6. The van der Waals surface area contributed by atoms with Crippen molar-refractivity contribution in [3.63, 3.8) is 0 Å². The Kier molecular flexibility index (Phi) is 7.19. The highest BCUT2D eigenvalue weighted by Crippen LogP contribution is 2.16. The first-order valence-electron chi connectivity index (χ1n) is 7.38. The number of carbonyl (C=O) groups excluding carboxylic acids is 1. The predicted molar refractivity (Wildman–Crippen MR) is 91.6 cm³/mol. The molecule has 4 N–H and O–H groups in total. The van der Waals surface area contributed by atoms with E-state index in [4.69, 9.17) is 5.73 Å². The van der Waals surface area contributed by atoms with Gasteiger partial charge in [0.2, 0.25) is 5.56 Å². The Morgan fingerprint density at radius 1 is 1.39 bits per heavy atom. The van der Waals surface area contributed by atoms with Gasteiger partial charge in [0.1, 0.15) is 5.82 Å². The van der Waals surface area contributed by atoms with Crippen molar-refractivity contribution < 1.29 is 9.18 Å². The van der Waals surface area contributed by atoms with E-state index in [-0.39, 0.29) is 29.9 Å². The first-order valence-corrected chi connectivity index (χ1v) is 7.38. The Balaban J connectivity index is 0.00000264. The van der Waals surface area contributed by atoms with E-state index >= 15 is 0 Å². The van der Waals surface area contributed by atoms with E-state index in [0.717, 1.165) is 19.3 Å². The number of amides is 1. The molecule has 5 nitrogen and oxygen atoms in total. The molecule has 0 aliphatic rings. The number of hydrogen-bond acceptors (Lipinski definition) is 3. The lowest BCUT2D eigenvalue weighted by Crippen LogP contribution is -2.40. The van der Waals surface area contributed by atoms with Gasteiger partial charge < -0.3 is 16.0 Å². The van der Waals surface area contributed by atoms with E-state index in [0.29, 0.717) is 17.4 Å². The number of carbonyl (C=O) groups is 1. The van der Waals surface area contributed by atoms with Crippen LogP contribution in [0, 0.1) is 5.82 Å². The highest BCUT2D eigenvalue weighted by atomic mass is 35.5. The van der Waals surface area contributed by atoms with Crippen LogP contribution in [0.25, 0.3) is 10.9 Å². The quantitative estimate of drug-likeness (QED) is 0.753. The van der Waals surface area contributed by atoms with E-state index in [9.17, 15) is 14.0 Å². The van der Waals surface area contributed by atoms with Crippen molar-refractivity contribution >= 4 is 29.2 Å². The van der Waals surface area contributed by atoms with Crippen LogP contribution in [0.15, 0.2) is 29.1 Å². The molecule has 1 aromatic heterocycles. The second-order valence-electron chi connectivity index (χ2n) is 5.29. The minimum Gasteiger partial charge on any atom is -0.348 e. The Morgan fingerprint density at radius 3 is 2.78 bits per heavy atom. The monoisotopic (exact) mass is 341 g/mol. The minimum atomic E-state index is -0.469. The average Bonchev–Trinajstić information content (AvgIpc) is 2.49. The number of pyridine rings is 1. The van der Waals surface area contributed by atoms with Crippen LogP contribution in [-0.2, 0) is 0 Å². The lowest BCUT2D eigenvalue weighted by molar-refractivity contribution is 0.0937. The van der Waals surface area contributed by atoms with Gasteiger partial charge in [0, 0.05) is 24.0 Å². The van der Waals surface area contributed by atoms with Gasteiger partial charge in [-0.3, -0.25) is 9.59 Å². The lowest BCUT2D eigenvalue weighted by Gasteiger charge is -2.17. The molecule has 0 aliphatic heterocycles. The Bertz CT molecular complexity index is 733. The van der Waals surface area contributed by atoms with Crippen molar-refractivity contribution in [2.45, 2.75) is 32.2 Å². The van der Waals surface area contributed by atoms with Crippen LogP contribution in [0.1, 0.15) is 36.5 Å². The van der Waals surface area contributed by atoms with E-state index in [2.05, 4.69) is 17.2 Å². The summed E-state index contributed by atoms with van der Waals surface area (Å²) < 4.78 is 13.3. The van der Waals surface area contributed by atoms with Crippen LogP contribution in [0.5, 0.6) is 0 Å². The van der Waals surface area contributed by atoms with Crippen LogP contribution in [-0.4, -0.2) is 23.5 Å². The van der Waals surface area contributed by atoms with Crippen molar-refractivity contribution in [3.05, 3.63) is 46.0 Å². The first kappa shape index (κ1) is 19.1. The molecule has 2 aromatic rings. The summed E-state index contributed by atoms with van der Waals surface area (Å²) in [5.41, 5.74) is 5.76. The van der Waals surface area contributed by atoms with Crippen LogP contribution in [0.2, 0.25) is 0 Å². The van der Waals surface area contributed by atoms with Gasteiger partial charge in [-0.15, -0.1) is 12.4 Å². The molecule has 0 saturated carbocycles. The number of fused-ring (bicyclic) bond motifs is 1. The number of benzene rings is 1. The van der Waals surface area contributed by atoms with Gasteiger partial charge in [0.05, 0.1) is 11.1 Å². The molecule has 0 spiro atoms. The molecule has 0 fully saturated rings. The average molecular weight is 342 g/mol. The molecule has 1 aromatic carbocycles. The fourth-order valence-corrected chi connectivity index (χ4v) is 2.38. The molecule has 0 bridgehead atoms. The maximum absolute atomic E-state index is 13.3. The highest BCUT2D eigenvalue weighted by Gasteiger charge is 2.16. The molecule has 1 unspecified atom stereocenters. The number of H-pyrrole nitrogens is 1. The zero-order valence-electron chi connectivity index (χ0n) is 12.9. The highest BCUT2D eigenvalue weighted by molar-refractivity contribution is 6.06. The normalized spacial score (nSPS) is 11.8. The van der Waals surface area contributed by atoms with E-state index in [1.54, 1.807) is 0 Å². The lowest BCUT2D eigenvalue weighted by atomic mass is 10.1. The molecule has 0 saturated heterocycles. The summed E-state index contributed by atoms with van der Waals surface area (Å²) in [5.74, 6) is -0.835. The van der Waals surface area contributed by atoms with Gasteiger partial charge in [0.25, 0.3) is 5.91 Å². The third-order valence-electron chi connectivity index (χ3n) is 3.58. The van der Waals surface area contributed by atoms with E-state index in [1.807, 2.05) is 0 Å². The third kappa shape index (κ3) is 4.77. The van der Waals surface area contributed by atoms with Crippen LogP contribution in [0.3, 0.4) is 0 Å². The zero-order chi connectivity index (χ0) is 16.1. The largest absolute Gasteiger partial charge is 0.348 e. The molecule has 23 heavy (non-hydrogen) atoms. The standard InChI is InChI=1S/C16H20FN3O2.ClH/c1-2-3-4-11(9-18)19-16(22)13-8-15(21)20-14-7-10(17)5-6-12(13)14;/h5-8,11H,2-4,9,18H2,1H3,(H,19,22)(H,20,21);1H. The summed E-state index contributed by atoms with van der Waals surface area (Å²) in [4.78, 5) is 26.6. The van der Waals surface area contributed by atoms with E-state index < -0.39 is 11.4 Å². The first-order chi connectivity index (χ1) is 10.5. The molecule has 0 radical (unpaired) electrons. The fraction of sp³-hybridized carbons (Fsp3) is 0.375. The van der Waals surface area contributed by atoms with Gasteiger partial charge >= 0.3 is 0 Å². The molecule has 1 atom stereocenters. The minimum absolute atomic E-state index is 0. The fourth-order valence-electron chi connectivity index (χ4n) is 2.38. The Hall–Kier alpha value is -1.92. The van der Waals surface area contributed by atoms with Crippen molar-refractivity contribution in [1.82, 2.24) is 10.3 Å². The smallest absolute Gasteiger partial charge is 0.252 e. The maximum Gasteiger partial charge on any atom is 0.252 e. The van der Waals surface area contributed by atoms with Crippen molar-refractivity contribution in [2.75, 3.05) is 6.54 Å². The van der Waals surface area contributed by atoms with Crippen molar-refractivity contribution in [3.8, 4) is 0 Å². The van der Waals surface area contributed by atoms with Crippen LogP contribution < -0.4 is 16.6 Å². The molecule has 0 aliphatic carbocycles. The van der Waals surface area contributed by atoms with Crippen LogP contribution in [0.4, 0.5) is 4.39 Å². The number of nitrogens with one attached hydrogen (secondary N) is 2. The van der Waals surface area contributed by atoms with Gasteiger partial charge in [0.15, 0.2) is 0 Å². The number of unbranched alkanes of at least 4 members (excludes halogenated alkanes) is 1. The third-order valence-corrected chi connectivity index (χ3v) is 3.58. The second kappa shape index (κ2) is 8.64. The molecular weight excluding hydrogens is 321 g/mol. The van der Waals surface area contributed by atoms with Crippen LogP contribution >= 0.6 is 12.4 Å². The Morgan fingerprint density at radius 2 is 2.13 bits per heavy atom. The molecular formula is C16H21ClFN3O2. The van der Waals surface area contributed by atoms with Gasteiger partial charge in [-0.1, -0.05) is 19.8 Å². The summed E-state index contributed by atoms with van der Waals surface area (Å²) in [6.45, 7) is 2.40. The number of halogens is 2. The summed E-state index contributed by atoms with van der Waals surface area (Å²) in [6, 6.07) is 5.03. The summed E-state index contributed by atoms with van der Waals surface area (Å²) in [7, 11) is 0. The maximum atomic E-state index is 13.3. The molecule has 7 heteroatoms. The topological polar surface area (TPSA) is 88.0 Å². The van der Waals surface area contributed by atoms with Crippen molar-refractivity contribution in [1.29, 1.82) is 0 Å². The molecule has 1 amide bonds. The predicted octanol–water partition coefficient (Wildman–Crippen LogP) is 2.34. The number of aromatic amines is 1. The Labute approximate surface area is 139 Å². The summed E-state index contributed by atoms with van der Waals surface area (Å²) in [5, 5.41) is 3.35. The molecule has 2 rings (SSSR count).